The van der Waals surface area contributed by atoms with E-state index in [9.17, 15) is 17.2 Å². The first kappa shape index (κ1) is 17.7. The number of likely N-dealkylation sites (tertiary alicyclic amines) is 1. The van der Waals surface area contributed by atoms with Crippen molar-refractivity contribution in [3.63, 3.8) is 0 Å². The van der Waals surface area contributed by atoms with Crippen LogP contribution in [0.15, 0.2) is 23.1 Å². The fourth-order valence-electron chi connectivity index (χ4n) is 3.40. The lowest BCUT2D eigenvalue weighted by Gasteiger charge is -2.29. The Hall–Kier alpha value is -1.09. The number of hydrogen-bond donors (Lipinski definition) is 1. The topological polar surface area (TPSA) is 52.7 Å². The molecule has 2 aliphatic rings. The molecule has 0 aromatic heterocycles. The van der Waals surface area contributed by atoms with Crippen LogP contribution in [0.3, 0.4) is 0 Å². The van der Waals surface area contributed by atoms with Gasteiger partial charge >= 0.3 is 0 Å². The fourth-order valence-corrected chi connectivity index (χ4v) is 5.06. The Morgan fingerprint density at radius 2 is 1.96 bits per heavy atom. The Balaban J connectivity index is 1.82. The van der Waals surface area contributed by atoms with Gasteiger partial charge in [0.05, 0.1) is 4.90 Å². The largest absolute Gasteiger partial charge is 0.315 e. The number of benzene rings is 1. The number of rotatable bonds is 6. The minimum Gasteiger partial charge on any atom is -0.315 e. The maximum atomic E-state index is 13.5. The monoisotopic (exact) mass is 359 g/mol. The van der Waals surface area contributed by atoms with E-state index in [-0.39, 0.29) is 10.9 Å². The van der Waals surface area contributed by atoms with Crippen LogP contribution in [0.1, 0.15) is 19.3 Å². The molecule has 24 heavy (non-hydrogen) atoms. The van der Waals surface area contributed by atoms with E-state index in [2.05, 4.69) is 10.2 Å². The summed E-state index contributed by atoms with van der Waals surface area (Å²) in [5.74, 6) is -2.18. The molecule has 1 aromatic rings. The van der Waals surface area contributed by atoms with Crippen molar-refractivity contribution < 1.29 is 17.2 Å². The van der Waals surface area contributed by atoms with Gasteiger partial charge in [-0.1, -0.05) is 0 Å². The van der Waals surface area contributed by atoms with Crippen LogP contribution in [-0.2, 0) is 10.0 Å². The minimum atomic E-state index is -3.86. The third kappa shape index (κ3) is 3.77. The van der Waals surface area contributed by atoms with Crippen LogP contribution < -0.4 is 5.32 Å². The molecule has 2 heterocycles. The minimum absolute atomic E-state index is 0.147. The summed E-state index contributed by atoms with van der Waals surface area (Å²) in [6.07, 6.45) is 3.00. The van der Waals surface area contributed by atoms with Crippen LogP contribution in [-0.4, -0.2) is 62.9 Å². The number of hydrogen-bond acceptors (Lipinski definition) is 4. The van der Waals surface area contributed by atoms with E-state index in [1.807, 2.05) is 0 Å². The van der Waals surface area contributed by atoms with Crippen molar-refractivity contribution in [3.8, 4) is 0 Å². The molecule has 0 aliphatic carbocycles. The summed E-state index contributed by atoms with van der Waals surface area (Å²) < 4.78 is 54.1. The first-order valence-corrected chi connectivity index (χ1v) is 9.82. The Morgan fingerprint density at radius 3 is 2.58 bits per heavy atom. The predicted molar refractivity (Wildman–Crippen MR) is 87.2 cm³/mol. The third-order valence-electron chi connectivity index (χ3n) is 4.77. The Labute approximate surface area is 141 Å². The van der Waals surface area contributed by atoms with Crippen LogP contribution in [0.4, 0.5) is 8.78 Å². The number of halogens is 2. The van der Waals surface area contributed by atoms with Gasteiger partial charge in [0.2, 0.25) is 10.0 Å². The van der Waals surface area contributed by atoms with E-state index in [0.717, 1.165) is 57.1 Å². The van der Waals surface area contributed by atoms with Crippen molar-refractivity contribution in [2.24, 2.45) is 0 Å². The molecule has 0 saturated carbocycles. The van der Waals surface area contributed by atoms with Crippen molar-refractivity contribution in [3.05, 3.63) is 29.8 Å². The smallest absolute Gasteiger partial charge is 0.243 e. The molecule has 1 aromatic carbocycles. The van der Waals surface area contributed by atoms with Crippen molar-refractivity contribution in [2.75, 3.05) is 39.3 Å². The molecule has 1 unspecified atom stereocenters. The van der Waals surface area contributed by atoms with E-state index < -0.39 is 21.7 Å². The molecular weight excluding hydrogens is 336 g/mol. The molecule has 0 bridgehead atoms. The van der Waals surface area contributed by atoms with Gasteiger partial charge in [0.15, 0.2) is 11.6 Å². The summed E-state index contributed by atoms with van der Waals surface area (Å²) in [7, 11) is -3.86. The van der Waals surface area contributed by atoms with Gasteiger partial charge in [-0.2, -0.15) is 4.31 Å². The van der Waals surface area contributed by atoms with E-state index >= 15 is 0 Å². The SMILES string of the molecule is O=S(=O)(c1ccc(F)c(F)c1)N(CCN1CCCC1)C1CCNC1. The van der Waals surface area contributed by atoms with Crippen LogP contribution in [0.5, 0.6) is 0 Å². The van der Waals surface area contributed by atoms with Gasteiger partial charge in [0, 0.05) is 25.7 Å². The second-order valence-corrected chi connectivity index (χ2v) is 8.28. The van der Waals surface area contributed by atoms with E-state index in [0.29, 0.717) is 19.6 Å². The average molecular weight is 359 g/mol. The zero-order valence-electron chi connectivity index (χ0n) is 13.5. The average Bonchev–Trinajstić information content (AvgIpc) is 3.23. The van der Waals surface area contributed by atoms with E-state index in [1.54, 1.807) is 0 Å². The molecule has 2 aliphatic heterocycles. The van der Waals surface area contributed by atoms with Crippen LogP contribution in [0, 0.1) is 11.6 Å². The quantitative estimate of drug-likeness (QED) is 0.835. The lowest BCUT2D eigenvalue weighted by atomic mass is 10.2. The van der Waals surface area contributed by atoms with Gasteiger partial charge in [-0.25, -0.2) is 17.2 Å². The van der Waals surface area contributed by atoms with E-state index in [1.165, 1.54) is 4.31 Å². The normalized spacial score (nSPS) is 22.5. The van der Waals surface area contributed by atoms with Crippen LogP contribution >= 0.6 is 0 Å². The second kappa shape index (κ2) is 7.43. The molecule has 0 spiro atoms. The molecule has 134 valence electrons. The maximum Gasteiger partial charge on any atom is 0.243 e. The van der Waals surface area contributed by atoms with Crippen LogP contribution in [0.2, 0.25) is 0 Å². The summed E-state index contributed by atoms with van der Waals surface area (Å²) in [4.78, 5) is 2.06. The summed E-state index contributed by atoms with van der Waals surface area (Å²) >= 11 is 0. The van der Waals surface area contributed by atoms with Gasteiger partial charge in [0.25, 0.3) is 0 Å². The van der Waals surface area contributed by atoms with Crippen molar-refractivity contribution in [1.82, 2.24) is 14.5 Å². The van der Waals surface area contributed by atoms with Crippen molar-refractivity contribution in [2.45, 2.75) is 30.2 Å². The number of nitrogens with one attached hydrogen (secondary N) is 1. The molecule has 0 radical (unpaired) electrons. The zero-order valence-corrected chi connectivity index (χ0v) is 14.4. The standard InChI is InChI=1S/C16H23F2N3O2S/c17-15-4-3-14(11-16(15)18)24(22,23)21(13-5-6-19-12-13)10-9-20-7-1-2-8-20/h3-4,11,13,19H,1-2,5-10,12H2. The molecule has 2 saturated heterocycles. The molecule has 5 nitrogen and oxygen atoms in total. The Kier molecular flexibility index (Phi) is 5.49. The molecule has 1 N–H and O–H groups in total. The highest BCUT2D eigenvalue weighted by Gasteiger charge is 2.34. The summed E-state index contributed by atoms with van der Waals surface area (Å²) in [5, 5.41) is 3.17. The number of nitrogens with zero attached hydrogens (tertiary/aromatic N) is 2. The molecule has 3 rings (SSSR count). The van der Waals surface area contributed by atoms with Crippen molar-refractivity contribution >= 4 is 10.0 Å². The van der Waals surface area contributed by atoms with Gasteiger partial charge in [0.1, 0.15) is 0 Å². The van der Waals surface area contributed by atoms with Gasteiger partial charge in [-0.15, -0.1) is 0 Å². The third-order valence-corrected chi connectivity index (χ3v) is 6.72. The lowest BCUT2D eigenvalue weighted by molar-refractivity contribution is 0.265. The van der Waals surface area contributed by atoms with Crippen molar-refractivity contribution in [1.29, 1.82) is 0 Å². The Bertz CT molecular complexity index is 672. The second-order valence-electron chi connectivity index (χ2n) is 6.39. The van der Waals surface area contributed by atoms with Gasteiger partial charge in [-0.3, -0.25) is 0 Å². The van der Waals surface area contributed by atoms with Gasteiger partial charge in [-0.05, 0) is 57.1 Å². The first-order chi connectivity index (χ1) is 11.5. The molecular formula is C16H23F2N3O2S. The first-order valence-electron chi connectivity index (χ1n) is 8.38. The zero-order chi connectivity index (χ0) is 17.2. The summed E-state index contributed by atoms with van der Waals surface area (Å²) in [6.45, 7) is 4.36. The summed E-state index contributed by atoms with van der Waals surface area (Å²) in [5.41, 5.74) is 0. The highest BCUT2D eigenvalue weighted by molar-refractivity contribution is 7.89. The van der Waals surface area contributed by atoms with Crippen LogP contribution in [0.25, 0.3) is 0 Å². The number of sulfonamides is 1. The molecule has 0 amide bonds. The van der Waals surface area contributed by atoms with E-state index in [4.69, 9.17) is 0 Å². The summed E-state index contributed by atoms with van der Waals surface area (Å²) in [6, 6.07) is 2.63. The molecule has 8 heteroatoms. The van der Waals surface area contributed by atoms with Gasteiger partial charge < -0.3 is 10.2 Å². The highest BCUT2D eigenvalue weighted by atomic mass is 32.2. The lowest BCUT2D eigenvalue weighted by Crippen LogP contribution is -2.45. The molecule has 2 fully saturated rings. The highest BCUT2D eigenvalue weighted by Crippen LogP contribution is 2.23. The maximum absolute atomic E-state index is 13.5. The Morgan fingerprint density at radius 1 is 1.21 bits per heavy atom. The molecule has 1 atom stereocenters. The predicted octanol–water partition coefficient (Wildman–Crippen LogP) is 1.41. The fraction of sp³-hybridized carbons (Fsp3) is 0.625.